The van der Waals surface area contributed by atoms with E-state index >= 15 is 0 Å². The lowest BCUT2D eigenvalue weighted by Crippen LogP contribution is -2.15. The Morgan fingerprint density at radius 1 is 1.25 bits per heavy atom. The molecule has 3 heteroatoms. The first-order chi connectivity index (χ1) is 9.72. The summed E-state index contributed by atoms with van der Waals surface area (Å²) in [5.74, 6) is 0.987. The van der Waals surface area contributed by atoms with Gasteiger partial charge in [-0.1, -0.05) is 25.1 Å². The van der Waals surface area contributed by atoms with Gasteiger partial charge in [0, 0.05) is 15.1 Å². The molecule has 2 heterocycles. The topological polar surface area (TPSA) is 25.2 Å². The number of hydrogen-bond acceptors (Lipinski definition) is 3. The van der Waals surface area contributed by atoms with Crippen molar-refractivity contribution in [3.05, 3.63) is 57.5 Å². The molecule has 0 bridgehead atoms. The van der Waals surface area contributed by atoms with Crippen molar-refractivity contribution in [2.24, 2.45) is 0 Å². The van der Waals surface area contributed by atoms with E-state index in [0.717, 1.165) is 17.8 Å². The zero-order valence-corrected chi connectivity index (χ0v) is 12.9. The molecule has 0 aliphatic rings. The van der Waals surface area contributed by atoms with Crippen molar-refractivity contribution in [2.75, 3.05) is 7.05 Å². The van der Waals surface area contributed by atoms with E-state index in [4.69, 9.17) is 4.42 Å². The third-order valence-corrected chi connectivity index (χ3v) is 4.94. The van der Waals surface area contributed by atoms with Crippen molar-refractivity contribution in [1.82, 2.24) is 5.32 Å². The third kappa shape index (κ3) is 2.28. The van der Waals surface area contributed by atoms with Gasteiger partial charge >= 0.3 is 0 Å². The number of nitrogens with one attached hydrogen (secondary N) is 1. The lowest BCUT2D eigenvalue weighted by molar-refractivity contribution is 0.494. The molecule has 0 radical (unpaired) electrons. The number of para-hydroxylation sites is 1. The van der Waals surface area contributed by atoms with Gasteiger partial charge in [0.1, 0.15) is 17.4 Å². The predicted molar refractivity (Wildman–Crippen MR) is 85.6 cm³/mol. The van der Waals surface area contributed by atoms with E-state index in [2.05, 4.69) is 55.6 Å². The highest BCUT2D eigenvalue weighted by molar-refractivity contribution is 7.12. The van der Waals surface area contributed by atoms with Crippen LogP contribution in [0.5, 0.6) is 0 Å². The maximum absolute atomic E-state index is 6.09. The fourth-order valence-corrected chi connectivity index (χ4v) is 3.61. The average Bonchev–Trinajstić information content (AvgIpc) is 3.07. The first kappa shape index (κ1) is 13.4. The maximum Gasteiger partial charge on any atom is 0.137 e. The SMILES string of the molecule is CCc1ccc(C(NC)c2cc3cccc(C)c3o2)s1. The quantitative estimate of drug-likeness (QED) is 0.753. The van der Waals surface area contributed by atoms with Crippen LogP contribution in [0, 0.1) is 6.92 Å². The molecule has 0 saturated heterocycles. The van der Waals surface area contributed by atoms with Gasteiger partial charge in [-0.15, -0.1) is 11.3 Å². The van der Waals surface area contributed by atoms with Crippen molar-refractivity contribution in [3.8, 4) is 0 Å². The molecule has 0 aliphatic heterocycles. The zero-order valence-electron chi connectivity index (χ0n) is 12.1. The number of aryl methyl sites for hydroxylation is 2. The first-order valence-corrected chi connectivity index (χ1v) is 7.79. The van der Waals surface area contributed by atoms with Gasteiger partial charge in [-0.05, 0) is 44.2 Å². The van der Waals surface area contributed by atoms with E-state index in [-0.39, 0.29) is 6.04 Å². The van der Waals surface area contributed by atoms with Crippen LogP contribution in [0.3, 0.4) is 0 Å². The minimum absolute atomic E-state index is 0.132. The molecular weight excluding hydrogens is 266 g/mol. The molecule has 3 aromatic rings. The van der Waals surface area contributed by atoms with Crippen LogP contribution in [0.2, 0.25) is 0 Å². The van der Waals surface area contributed by atoms with E-state index in [9.17, 15) is 0 Å². The monoisotopic (exact) mass is 285 g/mol. The van der Waals surface area contributed by atoms with Crippen LogP contribution in [-0.2, 0) is 6.42 Å². The summed E-state index contributed by atoms with van der Waals surface area (Å²) in [5.41, 5.74) is 2.18. The molecule has 1 N–H and O–H groups in total. The van der Waals surface area contributed by atoms with Gasteiger partial charge in [0.05, 0.1) is 0 Å². The van der Waals surface area contributed by atoms with Crippen LogP contribution < -0.4 is 5.32 Å². The smallest absolute Gasteiger partial charge is 0.137 e. The second kappa shape index (κ2) is 5.43. The van der Waals surface area contributed by atoms with Crippen molar-refractivity contribution in [2.45, 2.75) is 26.3 Å². The van der Waals surface area contributed by atoms with Crippen molar-refractivity contribution in [1.29, 1.82) is 0 Å². The summed E-state index contributed by atoms with van der Waals surface area (Å²) < 4.78 is 6.09. The number of hydrogen-bond donors (Lipinski definition) is 1. The Labute approximate surface area is 123 Å². The normalized spacial score (nSPS) is 12.9. The second-order valence-corrected chi connectivity index (χ2v) is 6.22. The molecule has 20 heavy (non-hydrogen) atoms. The Hall–Kier alpha value is -1.58. The standard InChI is InChI=1S/C17H19NOS/c1-4-13-8-9-15(20-13)16(18-3)14-10-12-7-5-6-11(2)17(12)19-14/h5-10,16,18H,4H2,1-3H3. The van der Waals surface area contributed by atoms with Gasteiger partial charge < -0.3 is 9.73 Å². The fourth-order valence-electron chi connectivity index (χ4n) is 2.54. The van der Waals surface area contributed by atoms with Gasteiger partial charge in [0.2, 0.25) is 0 Å². The summed E-state index contributed by atoms with van der Waals surface area (Å²) in [6, 6.07) is 13.0. The minimum atomic E-state index is 0.132. The van der Waals surface area contributed by atoms with E-state index in [1.165, 1.54) is 20.7 Å². The highest BCUT2D eigenvalue weighted by atomic mass is 32.1. The fraction of sp³-hybridized carbons (Fsp3) is 0.294. The summed E-state index contributed by atoms with van der Waals surface area (Å²) >= 11 is 1.85. The molecule has 0 spiro atoms. The lowest BCUT2D eigenvalue weighted by atomic mass is 10.1. The van der Waals surface area contributed by atoms with Crippen LogP contribution >= 0.6 is 11.3 Å². The molecule has 2 aromatic heterocycles. The Balaban J connectivity index is 2.04. The molecular formula is C17H19NOS. The zero-order chi connectivity index (χ0) is 14.1. The highest BCUT2D eigenvalue weighted by Gasteiger charge is 2.19. The van der Waals surface area contributed by atoms with E-state index in [1.54, 1.807) is 0 Å². The van der Waals surface area contributed by atoms with Crippen LogP contribution in [0.1, 0.15) is 34.0 Å². The summed E-state index contributed by atoms with van der Waals surface area (Å²) in [7, 11) is 1.98. The van der Waals surface area contributed by atoms with E-state index < -0.39 is 0 Å². The van der Waals surface area contributed by atoms with Gasteiger partial charge in [-0.2, -0.15) is 0 Å². The number of fused-ring (bicyclic) bond motifs is 1. The molecule has 104 valence electrons. The van der Waals surface area contributed by atoms with Crippen LogP contribution in [0.15, 0.2) is 40.8 Å². The van der Waals surface area contributed by atoms with Crippen LogP contribution in [0.25, 0.3) is 11.0 Å². The average molecular weight is 285 g/mol. The Morgan fingerprint density at radius 3 is 2.75 bits per heavy atom. The summed E-state index contributed by atoms with van der Waals surface area (Å²) in [6.45, 7) is 4.28. The van der Waals surface area contributed by atoms with Crippen LogP contribution in [0.4, 0.5) is 0 Å². The third-order valence-electron chi connectivity index (χ3n) is 3.65. The predicted octanol–water partition coefficient (Wildman–Crippen LogP) is 4.67. The molecule has 1 atom stereocenters. The molecule has 0 aliphatic carbocycles. The highest BCUT2D eigenvalue weighted by Crippen LogP contribution is 2.33. The van der Waals surface area contributed by atoms with Crippen molar-refractivity contribution in [3.63, 3.8) is 0 Å². The molecule has 0 saturated carbocycles. The molecule has 0 fully saturated rings. The maximum atomic E-state index is 6.09. The Kier molecular flexibility index (Phi) is 3.64. The van der Waals surface area contributed by atoms with E-state index in [0.29, 0.717) is 0 Å². The first-order valence-electron chi connectivity index (χ1n) is 6.98. The second-order valence-electron chi connectivity index (χ2n) is 5.02. The van der Waals surface area contributed by atoms with E-state index in [1.807, 2.05) is 18.4 Å². The molecule has 1 unspecified atom stereocenters. The largest absolute Gasteiger partial charge is 0.459 e. The van der Waals surface area contributed by atoms with Gasteiger partial charge in [-0.3, -0.25) is 0 Å². The Morgan fingerprint density at radius 2 is 2.10 bits per heavy atom. The van der Waals surface area contributed by atoms with Crippen molar-refractivity contribution >= 4 is 22.3 Å². The summed E-state index contributed by atoms with van der Waals surface area (Å²) in [4.78, 5) is 2.72. The summed E-state index contributed by atoms with van der Waals surface area (Å²) in [5, 5.41) is 4.54. The number of rotatable bonds is 4. The van der Waals surface area contributed by atoms with Gasteiger partial charge in [0.15, 0.2) is 0 Å². The molecule has 2 nitrogen and oxygen atoms in total. The minimum Gasteiger partial charge on any atom is -0.459 e. The molecule has 1 aromatic carbocycles. The van der Waals surface area contributed by atoms with Crippen LogP contribution in [-0.4, -0.2) is 7.05 Å². The van der Waals surface area contributed by atoms with Gasteiger partial charge in [-0.25, -0.2) is 0 Å². The van der Waals surface area contributed by atoms with Crippen molar-refractivity contribution < 1.29 is 4.42 Å². The van der Waals surface area contributed by atoms with Gasteiger partial charge in [0.25, 0.3) is 0 Å². The number of benzene rings is 1. The lowest BCUT2D eigenvalue weighted by Gasteiger charge is -2.11. The Bertz CT molecular complexity index is 726. The number of thiophene rings is 1. The summed E-state index contributed by atoms with van der Waals surface area (Å²) in [6.07, 6.45) is 1.08. The molecule has 0 amide bonds. The number of furan rings is 1. The molecule has 3 rings (SSSR count).